The Bertz CT molecular complexity index is 1060. The third-order valence-corrected chi connectivity index (χ3v) is 4.70. The second kappa shape index (κ2) is 9.11. The van der Waals surface area contributed by atoms with Gasteiger partial charge in [0.2, 0.25) is 11.0 Å². The molecular formula is C21H26N6OS. The third-order valence-electron chi connectivity index (χ3n) is 4.52. The topological polar surface area (TPSA) is 78.0 Å². The molecule has 0 saturated heterocycles. The van der Waals surface area contributed by atoms with E-state index in [1.165, 1.54) is 0 Å². The van der Waals surface area contributed by atoms with Crippen molar-refractivity contribution in [2.24, 2.45) is 10.2 Å². The van der Waals surface area contributed by atoms with E-state index in [1.807, 2.05) is 61.9 Å². The summed E-state index contributed by atoms with van der Waals surface area (Å²) in [5, 5.41) is 23.2. The van der Waals surface area contributed by atoms with Crippen LogP contribution in [0.25, 0.3) is 10.9 Å². The summed E-state index contributed by atoms with van der Waals surface area (Å²) >= 11 is 5.27. The van der Waals surface area contributed by atoms with Gasteiger partial charge >= 0.3 is 0 Å². The number of azo groups is 1. The zero-order valence-electron chi connectivity index (χ0n) is 17.2. The van der Waals surface area contributed by atoms with Gasteiger partial charge in [-0.15, -0.1) is 10.2 Å². The summed E-state index contributed by atoms with van der Waals surface area (Å²) < 4.78 is 1.84. The van der Waals surface area contributed by atoms with Crippen LogP contribution < -0.4 is 5.32 Å². The van der Waals surface area contributed by atoms with Gasteiger partial charge in [0.1, 0.15) is 5.82 Å². The number of benzene rings is 1. The van der Waals surface area contributed by atoms with E-state index in [9.17, 15) is 5.11 Å². The summed E-state index contributed by atoms with van der Waals surface area (Å²) in [5.74, 6) is 0.686. The number of aromatic hydroxyl groups is 1. The molecule has 0 atom stereocenters. The maximum Gasteiger partial charge on any atom is 0.221 e. The van der Waals surface area contributed by atoms with Crippen LogP contribution in [0.3, 0.4) is 0 Å². The van der Waals surface area contributed by atoms with Gasteiger partial charge < -0.3 is 10.4 Å². The lowest BCUT2D eigenvalue weighted by atomic mass is 10.1. The minimum Gasteiger partial charge on any atom is -0.493 e. The predicted octanol–water partition coefficient (Wildman–Crippen LogP) is 5.14. The van der Waals surface area contributed by atoms with Crippen LogP contribution in [-0.4, -0.2) is 38.3 Å². The molecule has 0 unspecified atom stereocenters. The maximum absolute atomic E-state index is 10.9. The van der Waals surface area contributed by atoms with Gasteiger partial charge in [0.25, 0.3) is 0 Å². The Hall–Kier alpha value is -2.84. The first-order chi connectivity index (χ1) is 13.9. The lowest BCUT2D eigenvalue weighted by Gasteiger charge is -2.17. The van der Waals surface area contributed by atoms with E-state index < -0.39 is 0 Å². The van der Waals surface area contributed by atoms with Crippen LogP contribution in [0.4, 0.5) is 11.5 Å². The highest BCUT2D eigenvalue weighted by molar-refractivity contribution is 7.80. The Labute approximate surface area is 176 Å². The Balaban J connectivity index is 1.91. The molecule has 0 aliphatic rings. The quantitative estimate of drug-likeness (QED) is 0.435. The lowest BCUT2D eigenvalue weighted by Crippen LogP contribution is -2.22. The van der Waals surface area contributed by atoms with Crippen LogP contribution in [0.15, 0.2) is 46.6 Å². The molecule has 152 valence electrons. The SMILES string of the molecule is CCCN(C)Cn1c(O)c(N=NC(=S)Nc2cccc(C)n2)c2cc(C)ccc21. The molecule has 0 fully saturated rings. The van der Waals surface area contributed by atoms with Crippen LogP contribution in [-0.2, 0) is 6.67 Å². The molecule has 8 heteroatoms. The highest BCUT2D eigenvalue weighted by atomic mass is 32.1. The third kappa shape index (κ3) is 4.96. The number of hydrogen-bond acceptors (Lipinski definition) is 5. The number of pyridine rings is 1. The van der Waals surface area contributed by atoms with E-state index in [2.05, 4.69) is 32.4 Å². The van der Waals surface area contributed by atoms with Crippen molar-refractivity contribution in [1.29, 1.82) is 0 Å². The highest BCUT2D eigenvalue weighted by Gasteiger charge is 2.18. The normalized spacial score (nSPS) is 11.6. The van der Waals surface area contributed by atoms with Crippen LogP contribution in [0.2, 0.25) is 0 Å². The Kier molecular flexibility index (Phi) is 6.56. The molecule has 2 N–H and O–H groups in total. The molecule has 2 aromatic heterocycles. The van der Waals surface area contributed by atoms with Crippen LogP contribution in [0.1, 0.15) is 24.6 Å². The van der Waals surface area contributed by atoms with Gasteiger partial charge in [-0.2, -0.15) is 0 Å². The van der Waals surface area contributed by atoms with E-state index in [0.717, 1.165) is 35.1 Å². The van der Waals surface area contributed by atoms with E-state index in [-0.39, 0.29) is 11.0 Å². The highest BCUT2D eigenvalue weighted by Crippen LogP contribution is 2.39. The second-order valence-electron chi connectivity index (χ2n) is 7.14. The molecule has 0 saturated carbocycles. The van der Waals surface area contributed by atoms with Crippen molar-refractivity contribution in [3.8, 4) is 5.88 Å². The fourth-order valence-corrected chi connectivity index (χ4v) is 3.36. The Morgan fingerprint density at radius 1 is 1.28 bits per heavy atom. The maximum atomic E-state index is 10.9. The van der Waals surface area contributed by atoms with Gasteiger partial charge in [0.05, 0.1) is 12.2 Å². The van der Waals surface area contributed by atoms with Crippen molar-refractivity contribution in [3.63, 3.8) is 0 Å². The van der Waals surface area contributed by atoms with Crippen LogP contribution in [0, 0.1) is 13.8 Å². The molecule has 29 heavy (non-hydrogen) atoms. The molecule has 0 spiro atoms. The number of nitrogens with one attached hydrogen (secondary N) is 1. The number of aryl methyl sites for hydroxylation is 2. The van der Waals surface area contributed by atoms with Gasteiger partial charge in [-0.3, -0.25) is 9.47 Å². The molecule has 3 aromatic rings. The van der Waals surface area contributed by atoms with Gasteiger partial charge in [-0.1, -0.05) is 24.6 Å². The van der Waals surface area contributed by atoms with Crippen molar-refractivity contribution in [2.75, 3.05) is 18.9 Å². The first-order valence-corrected chi connectivity index (χ1v) is 9.96. The summed E-state index contributed by atoms with van der Waals surface area (Å²) in [6, 6.07) is 11.6. The summed E-state index contributed by atoms with van der Waals surface area (Å²) in [5.41, 5.74) is 3.28. The minimum absolute atomic E-state index is 0.0776. The lowest BCUT2D eigenvalue weighted by molar-refractivity contribution is 0.257. The fourth-order valence-electron chi connectivity index (χ4n) is 3.22. The number of fused-ring (bicyclic) bond motifs is 1. The summed E-state index contributed by atoms with van der Waals surface area (Å²) in [4.78, 5) is 6.49. The first kappa shape index (κ1) is 20.9. The number of nitrogens with zero attached hydrogens (tertiary/aromatic N) is 5. The smallest absolute Gasteiger partial charge is 0.221 e. The fraction of sp³-hybridized carbons (Fsp3) is 0.333. The number of rotatable bonds is 6. The van der Waals surface area contributed by atoms with E-state index in [1.54, 1.807) is 0 Å². The van der Waals surface area contributed by atoms with Crippen molar-refractivity contribution < 1.29 is 5.11 Å². The zero-order valence-corrected chi connectivity index (χ0v) is 18.0. The average Bonchev–Trinajstić information content (AvgIpc) is 2.91. The van der Waals surface area contributed by atoms with Crippen molar-refractivity contribution >= 4 is 39.7 Å². The van der Waals surface area contributed by atoms with Gasteiger partial charge in [0.15, 0.2) is 5.69 Å². The molecule has 0 bridgehead atoms. The summed E-state index contributed by atoms with van der Waals surface area (Å²) in [7, 11) is 2.03. The van der Waals surface area contributed by atoms with Gasteiger partial charge in [-0.05, 0) is 70.3 Å². The number of hydrogen-bond donors (Lipinski definition) is 2. The summed E-state index contributed by atoms with van der Waals surface area (Å²) in [6.07, 6.45) is 1.04. The Morgan fingerprint density at radius 2 is 2.07 bits per heavy atom. The molecule has 0 amide bonds. The van der Waals surface area contributed by atoms with E-state index >= 15 is 0 Å². The molecule has 7 nitrogen and oxygen atoms in total. The molecular weight excluding hydrogens is 384 g/mol. The molecule has 1 aromatic carbocycles. The Morgan fingerprint density at radius 3 is 2.79 bits per heavy atom. The molecule has 0 aliphatic heterocycles. The molecule has 2 heterocycles. The van der Waals surface area contributed by atoms with Crippen molar-refractivity contribution in [2.45, 2.75) is 33.9 Å². The van der Waals surface area contributed by atoms with Crippen molar-refractivity contribution in [1.82, 2.24) is 14.5 Å². The van der Waals surface area contributed by atoms with E-state index in [4.69, 9.17) is 12.2 Å². The number of aromatic nitrogens is 2. The first-order valence-electron chi connectivity index (χ1n) is 9.55. The van der Waals surface area contributed by atoms with Gasteiger partial charge in [0, 0.05) is 11.1 Å². The van der Waals surface area contributed by atoms with Gasteiger partial charge in [-0.25, -0.2) is 4.98 Å². The zero-order chi connectivity index (χ0) is 21.0. The molecule has 3 rings (SSSR count). The summed E-state index contributed by atoms with van der Waals surface area (Å²) in [6.45, 7) is 7.53. The number of thiocarbonyl (C=S) groups is 1. The second-order valence-corrected chi connectivity index (χ2v) is 7.52. The van der Waals surface area contributed by atoms with Crippen LogP contribution >= 0.6 is 12.2 Å². The molecule has 0 aliphatic carbocycles. The van der Waals surface area contributed by atoms with Crippen molar-refractivity contribution in [3.05, 3.63) is 47.7 Å². The van der Waals surface area contributed by atoms with Crippen LogP contribution in [0.5, 0.6) is 5.88 Å². The largest absolute Gasteiger partial charge is 0.493 e. The average molecular weight is 411 g/mol. The minimum atomic E-state index is 0.0776. The predicted molar refractivity (Wildman–Crippen MR) is 121 cm³/mol. The standard InChI is InChI=1S/C21H26N6OS/c1-5-11-26(4)13-27-17-10-9-14(2)12-16(17)19(20(27)28)24-25-21(29)23-18-8-6-7-15(3)22-18/h6-10,12,28H,5,11,13H2,1-4H3,(H,22,23,29). The number of anilines is 1. The monoisotopic (exact) mass is 410 g/mol. The van der Waals surface area contributed by atoms with E-state index in [0.29, 0.717) is 18.2 Å². The molecule has 0 radical (unpaired) electrons.